The van der Waals surface area contributed by atoms with Crippen LogP contribution in [-0.4, -0.2) is 97.9 Å². The van der Waals surface area contributed by atoms with Crippen molar-refractivity contribution < 1.29 is 27.9 Å². The lowest BCUT2D eigenvalue weighted by Gasteiger charge is -2.36. The van der Waals surface area contributed by atoms with Crippen LogP contribution in [0.15, 0.2) is 24.3 Å². The average molecular weight is 547 g/mol. The number of alkyl halides is 2. The normalized spacial score (nSPS) is 27.2. The second kappa shape index (κ2) is 12.3. The molecule has 4 aliphatic rings. The molecule has 5 rings (SSSR count). The molecule has 2 amide bonds. The van der Waals surface area contributed by atoms with Crippen molar-refractivity contribution in [3.63, 3.8) is 0 Å². The molecule has 1 aromatic rings. The van der Waals surface area contributed by atoms with Crippen LogP contribution in [0.5, 0.6) is 0 Å². The van der Waals surface area contributed by atoms with E-state index in [9.17, 15) is 23.2 Å². The van der Waals surface area contributed by atoms with E-state index in [1.54, 1.807) is 12.1 Å². The molecule has 1 N–H and O–H groups in total. The first-order valence-electron chi connectivity index (χ1n) is 14.5. The summed E-state index contributed by atoms with van der Waals surface area (Å²) in [6, 6.07) is 5.56. The van der Waals surface area contributed by atoms with E-state index in [0.717, 1.165) is 76.9 Å². The summed E-state index contributed by atoms with van der Waals surface area (Å²) in [6.45, 7) is 6.69. The number of carbonyl (C=O) groups is 3. The molecular formula is C29H40F2N4O4. The van der Waals surface area contributed by atoms with Gasteiger partial charge in [-0.05, 0) is 56.0 Å². The topological polar surface area (TPSA) is 82.2 Å². The number of amides is 2. The van der Waals surface area contributed by atoms with Crippen LogP contribution in [0.4, 0.5) is 14.5 Å². The van der Waals surface area contributed by atoms with Crippen molar-refractivity contribution in [2.24, 2.45) is 11.8 Å². The van der Waals surface area contributed by atoms with Gasteiger partial charge in [-0.1, -0.05) is 26.2 Å². The van der Waals surface area contributed by atoms with E-state index in [0.29, 0.717) is 5.56 Å². The van der Waals surface area contributed by atoms with Crippen LogP contribution < -0.4 is 10.2 Å². The van der Waals surface area contributed by atoms with Crippen LogP contribution >= 0.6 is 0 Å². The van der Waals surface area contributed by atoms with Crippen LogP contribution in [0, 0.1) is 11.8 Å². The van der Waals surface area contributed by atoms with Crippen molar-refractivity contribution in [1.29, 1.82) is 0 Å². The van der Waals surface area contributed by atoms with Gasteiger partial charge in [-0.2, -0.15) is 0 Å². The number of fused-ring (bicyclic) bond motifs is 1. The number of carbonyl (C=O) groups excluding carboxylic acids is 3. The summed E-state index contributed by atoms with van der Waals surface area (Å²) in [4.78, 5) is 45.8. The molecule has 1 saturated carbocycles. The number of ether oxygens (including phenoxy) is 1. The summed E-state index contributed by atoms with van der Waals surface area (Å²) in [5.74, 6) is -2.47. The number of benzene rings is 1. The van der Waals surface area contributed by atoms with Gasteiger partial charge in [0.2, 0.25) is 12.3 Å². The Labute approximate surface area is 229 Å². The van der Waals surface area contributed by atoms with Crippen LogP contribution in [0.1, 0.15) is 55.8 Å². The molecule has 3 heterocycles. The molecule has 39 heavy (non-hydrogen) atoms. The number of anilines is 1. The molecule has 8 nitrogen and oxygen atoms in total. The second-order valence-electron chi connectivity index (χ2n) is 11.4. The minimum Gasteiger partial charge on any atom is -0.369 e. The highest BCUT2D eigenvalue weighted by Gasteiger charge is 2.56. The number of rotatable bonds is 8. The standard InChI is InChI=1S/C29H40F2N4O4/c1-2-12-33-13-15-34(16-14-33)21-10-8-20(9-11-21)28(37)32-24(19-6-4-3-5-7-19)29(38)35-17-22(27(30)31)26-25(35)23(36)18-39-26/h8-11,19,22,24-27H,2-7,12-18H2,1H3,(H,32,37)/t22-,24-,25+,26+/m0/s1. The molecule has 0 radical (unpaired) electrons. The fraction of sp³-hybridized carbons (Fsp3) is 0.690. The Morgan fingerprint density at radius 1 is 1.05 bits per heavy atom. The van der Waals surface area contributed by atoms with E-state index in [1.165, 1.54) is 4.90 Å². The molecule has 0 bridgehead atoms. The van der Waals surface area contributed by atoms with E-state index in [-0.39, 0.29) is 30.8 Å². The van der Waals surface area contributed by atoms with Crippen molar-refractivity contribution in [3.8, 4) is 0 Å². The highest BCUT2D eigenvalue weighted by molar-refractivity contribution is 5.99. The molecule has 3 saturated heterocycles. The zero-order valence-corrected chi connectivity index (χ0v) is 22.7. The van der Waals surface area contributed by atoms with Crippen LogP contribution in [0.2, 0.25) is 0 Å². The Hall–Kier alpha value is -2.59. The van der Waals surface area contributed by atoms with Crippen LogP contribution in [-0.2, 0) is 14.3 Å². The molecule has 4 atom stereocenters. The number of hydrogen-bond acceptors (Lipinski definition) is 6. The van der Waals surface area contributed by atoms with Gasteiger partial charge in [-0.25, -0.2) is 8.78 Å². The zero-order chi connectivity index (χ0) is 27.5. The van der Waals surface area contributed by atoms with E-state index in [4.69, 9.17) is 4.74 Å². The maximum atomic E-state index is 13.8. The minimum atomic E-state index is -2.70. The molecule has 214 valence electrons. The lowest BCUT2D eigenvalue weighted by Crippen LogP contribution is -2.55. The number of ketones is 1. The number of likely N-dealkylation sites (tertiary alicyclic amines) is 1. The fourth-order valence-corrected chi connectivity index (χ4v) is 6.76. The Bertz CT molecular complexity index is 1020. The number of nitrogens with zero attached hydrogens (tertiary/aromatic N) is 3. The summed E-state index contributed by atoms with van der Waals surface area (Å²) in [5, 5.41) is 2.95. The van der Waals surface area contributed by atoms with E-state index in [1.807, 2.05) is 12.1 Å². The lowest BCUT2D eigenvalue weighted by atomic mass is 9.83. The Balaban J connectivity index is 1.29. The first-order chi connectivity index (χ1) is 18.9. The zero-order valence-electron chi connectivity index (χ0n) is 22.7. The van der Waals surface area contributed by atoms with Gasteiger partial charge < -0.3 is 19.9 Å². The van der Waals surface area contributed by atoms with E-state index >= 15 is 0 Å². The maximum Gasteiger partial charge on any atom is 0.251 e. The van der Waals surface area contributed by atoms with Gasteiger partial charge in [0, 0.05) is 44.0 Å². The Morgan fingerprint density at radius 3 is 2.38 bits per heavy atom. The summed E-state index contributed by atoms with van der Waals surface area (Å²) in [6.07, 6.45) is 1.95. The molecule has 4 fully saturated rings. The number of Topliss-reactive ketones (excluding diaryl/α,β-unsaturated/α-hetero) is 1. The maximum absolute atomic E-state index is 13.8. The van der Waals surface area contributed by atoms with E-state index < -0.39 is 36.4 Å². The molecule has 0 spiro atoms. The molecule has 0 unspecified atom stereocenters. The van der Waals surface area contributed by atoms with Crippen LogP contribution in [0.3, 0.4) is 0 Å². The number of piperazine rings is 1. The van der Waals surface area contributed by atoms with Gasteiger partial charge >= 0.3 is 0 Å². The first-order valence-corrected chi connectivity index (χ1v) is 14.5. The van der Waals surface area contributed by atoms with Crippen molar-refractivity contribution in [3.05, 3.63) is 29.8 Å². The van der Waals surface area contributed by atoms with Gasteiger partial charge in [0.25, 0.3) is 5.91 Å². The molecular weight excluding hydrogens is 506 g/mol. The Morgan fingerprint density at radius 2 is 1.74 bits per heavy atom. The highest BCUT2D eigenvalue weighted by Crippen LogP contribution is 2.37. The van der Waals surface area contributed by atoms with Crippen molar-refractivity contribution in [1.82, 2.24) is 15.1 Å². The van der Waals surface area contributed by atoms with Gasteiger partial charge in [0.1, 0.15) is 18.7 Å². The molecule has 10 heteroatoms. The lowest BCUT2D eigenvalue weighted by molar-refractivity contribution is -0.139. The van der Waals surface area contributed by atoms with E-state index in [2.05, 4.69) is 22.0 Å². The SMILES string of the molecule is CCCN1CCN(c2ccc(C(=O)N[C@H](C(=O)N3C[C@H](C(F)F)[C@H]4OCC(=O)[C@H]43)C3CCCCC3)cc2)CC1. The molecule has 1 aromatic carbocycles. The summed E-state index contributed by atoms with van der Waals surface area (Å²) < 4.78 is 32.9. The van der Waals surface area contributed by atoms with Crippen molar-refractivity contribution in [2.75, 3.05) is 50.8 Å². The smallest absolute Gasteiger partial charge is 0.251 e. The van der Waals surface area contributed by atoms with Crippen molar-refractivity contribution in [2.45, 2.75) is 70.1 Å². The predicted octanol–water partition coefficient (Wildman–Crippen LogP) is 2.96. The third kappa shape index (κ3) is 5.96. The second-order valence-corrected chi connectivity index (χ2v) is 11.4. The monoisotopic (exact) mass is 546 g/mol. The minimum absolute atomic E-state index is 0.102. The molecule has 1 aliphatic carbocycles. The third-order valence-corrected chi connectivity index (χ3v) is 8.91. The number of nitrogens with one attached hydrogen (secondary N) is 1. The van der Waals surface area contributed by atoms with Gasteiger partial charge in [0.05, 0.1) is 12.0 Å². The summed E-state index contributed by atoms with van der Waals surface area (Å²) in [5.41, 5.74) is 1.51. The molecule has 0 aromatic heterocycles. The third-order valence-electron chi connectivity index (χ3n) is 8.91. The fourth-order valence-electron chi connectivity index (χ4n) is 6.76. The predicted molar refractivity (Wildman–Crippen MR) is 143 cm³/mol. The Kier molecular flexibility index (Phi) is 8.81. The van der Waals surface area contributed by atoms with Gasteiger partial charge in [0.15, 0.2) is 5.78 Å². The summed E-state index contributed by atoms with van der Waals surface area (Å²) >= 11 is 0. The average Bonchev–Trinajstić information content (AvgIpc) is 3.53. The van der Waals surface area contributed by atoms with Gasteiger partial charge in [-0.15, -0.1) is 0 Å². The molecule has 3 aliphatic heterocycles. The number of hydrogen-bond donors (Lipinski definition) is 1. The van der Waals surface area contributed by atoms with Crippen LogP contribution in [0.25, 0.3) is 0 Å². The summed E-state index contributed by atoms with van der Waals surface area (Å²) in [7, 11) is 0. The van der Waals surface area contributed by atoms with Gasteiger partial charge in [-0.3, -0.25) is 19.3 Å². The first kappa shape index (κ1) is 28.0. The highest BCUT2D eigenvalue weighted by atomic mass is 19.3. The van der Waals surface area contributed by atoms with Crippen molar-refractivity contribution >= 4 is 23.3 Å². The number of halogens is 2. The largest absolute Gasteiger partial charge is 0.369 e. The quantitative estimate of drug-likeness (QED) is 0.540.